The van der Waals surface area contributed by atoms with Crippen LogP contribution >= 0.6 is 0 Å². The Bertz CT molecular complexity index is 779. The summed E-state index contributed by atoms with van der Waals surface area (Å²) in [5.41, 5.74) is 11.4. The summed E-state index contributed by atoms with van der Waals surface area (Å²) >= 11 is 0. The highest BCUT2D eigenvalue weighted by molar-refractivity contribution is 6.06. The second kappa shape index (κ2) is 7.17. The summed E-state index contributed by atoms with van der Waals surface area (Å²) in [6.45, 7) is 0. The van der Waals surface area contributed by atoms with Crippen LogP contribution in [-0.2, 0) is 0 Å². The zero-order chi connectivity index (χ0) is 15.8. The van der Waals surface area contributed by atoms with Crippen LogP contribution in [0.2, 0.25) is 0 Å². The topological polar surface area (TPSA) is 111 Å². The highest BCUT2D eigenvalue weighted by Crippen LogP contribution is 2.17. The molecule has 0 saturated carbocycles. The van der Waals surface area contributed by atoms with Crippen molar-refractivity contribution in [3.63, 3.8) is 0 Å². The molecule has 0 aromatic rings. The standard InChI is InChI=1S/C15H9N7/c16-10-13(12-3-7-15(8-4-12)20-22-18)9-11-1-5-14(6-2-11)19-21-17/h1-9H. The van der Waals surface area contributed by atoms with Crippen molar-refractivity contribution in [2.45, 2.75) is 0 Å². The summed E-state index contributed by atoms with van der Waals surface area (Å²) in [5, 5.41) is 30.0. The molecule has 104 valence electrons. The fourth-order valence-corrected chi connectivity index (χ4v) is 1.79. The summed E-state index contributed by atoms with van der Waals surface area (Å²) in [6, 6.07) is 2.13. The minimum Gasteiger partial charge on any atom is -0.362 e. The first kappa shape index (κ1) is 14.7. The Morgan fingerprint density at radius 2 is 1.68 bits per heavy atom. The zero-order valence-corrected chi connectivity index (χ0v) is 11.3. The third-order valence-corrected chi connectivity index (χ3v) is 2.82. The van der Waals surface area contributed by atoms with Crippen LogP contribution in [-0.4, -0.2) is 11.4 Å². The second-order valence-corrected chi connectivity index (χ2v) is 4.19. The molecule has 0 N–H and O–H groups in total. The molecule has 0 atom stereocenters. The fraction of sp³-hybridized carbons (Fsp3) is 0. The molecule has 2 rings (SSSR count). The van der Waals surface area contributed by atoms with Crippen LogP contribution < -0.4 is 0 Å². The Labute approximate surface area is 126 Å². The quantitative estimate of drug-likeness (QED) is 0.334. The van der Waals surface area contributed by atoms with Gasteiger partial charge in [-0.15, -0.1) is 0 Å². The number of diazo groups is 1. The van der Waals surface area contributed by atoms with Gasteiger partial charge in [0.1, 0.15) is 0 Å². The van der Waals surface area contributed by atoms with Crippen LogP contribution in [0.1, 0.15) is 0 Å². The van der Waals surface area contributed by atoms with Gasteiger partial charge in [0.15, 0.2) is 10.8 Å². The average Bonchev–Trinajstić information content (AvgIpc) is 2.56. The SMILES string of the molecule is N#CC(C=C1C=CC(=NN=[N-])C=C1)=C1C=CC(=N[N+]#N)C=C1. The van der Waals surface area contributed by atoms with Crippen LogP contribution in [0.15, 0.2) is 86.8 Å². The van der Waals surface area contributed by atoms with Gasteiger partial charge < -0.3 is 10.6 Å². The molecule has 0 unspecified atom stereocenters. The predicted molar refractivity (Wildman–Crippen MR) is 83.0 cm³/mol. The smallest absolute Gasteiger partial charge is 0.339 e. The fourth-order valence-electron chi connectivity index (χ4n) is 1.79. The Hall–Kier alpha value is -3.71. The summed E-state index contributed by atoms with van der Waals surface area (Å²) in [6.07, 6.45) is 15.3. The van der Waals surface area contributed by atoms with Crippen molar-refractivity contribution in [2.24, 2.45) is 15.4 Å². The summed E-state index contributed by atoms with van der Waals surface area (Å²) < 4.78 is 0. The maximum absolute atomic E-state index is 9.29. The van der Waals surface area contributed by atoms with E-state index >= 15 is 0 Å². The third kappa shape index (κ3) is 3.65. The molecule has 0 heterocycles. The molecular weight excluding hydrogens is 278 g/mol. The number of nitriles is 1. The average molecular weight is 287 g/mol. The van der Waals surface area contributed by atoms with E-state index < -0.39 is 0 Å². The van der Waals surface area contributed by atoms with Crippen molar-refractivity contribution in [3.05, 3.63) is 82.0 Å². The number of nitrogens with zero attached hydrogens (tertiary/aromatic N) is 7. The highest BCUT2D eigenvalue weighted by atomic mass is 15.3. The molecule has 0 amide bonds. The van der Waals surface area contributed by atoms with Crippen molar-refractivity contribution in [2.75, 3.05) is 0 Å². The molecule has 7 heteroatoms. The van der Waals surface area contributed by atoms with Gasteiger partial charge in [0.2, 0.25) is 0 Å². The third-order valence-electron chi connectivity index (χ3n) is 2.82. The molecule has 0 aromatic heterocycles. The van der Waals surface area contributed by atoms with Crippen molar-refractivity contribution in [1.29, 1.82) is 10.7 Å². The van der Waals surface area contributed by atoms with Crippen molar-refractivity contribution < 1.29 is 0 Å². The van der Waals surface area contributed by atoms with E-state index in [1.807, 2.05) is 0 Å². The molecule has 0 aromatic carbocycles. The Balaban J connectivity index is 2.28. The molecular formula is C15H9N7. The molecule has 22 heavy (non-hydrogen) atoms. The van der Waals surface area contributed by atoms with E-state index in [0.29, 0.717) is 17.0 Å². The molecule has 0 bridgehead atoms. The minimum atomic E-state index is 0.476. The van der Waals surface area contributed by atoms with Gasteiger partial charge in [-0.05, 0) is 35.1 Å². The van der Waals surface area contributed by atoms with E-state index in [9.17, 15) is 5.26 Å². The van der Waals surface area contributed by atoms with Gasteiger partial charge in [0.05, 0.1) is 11.6 Å². The number of hydrogen-bond acceptors (Lipinski definition) is 4. The summed E-state index contributed by atoms with van der Waals surface area (Å²) in [7, 11) is 0. The molecule has 0 aliphatic heterocycles. The Morgan fingerprint density at radius 1 is 1.05 bits per heavy atom. The van der Waals surface area contributed by atoms with Gasteiger partial charge in [-0.2, -0.15) is 5.26 Å². The van der Waals surface area contributed by atoms with Crippen molar-refractivity contribution >= 4 is 11.4 Å². The van der Waals surface area contributed by atoms with Crippen molar-refractivity contribution in [1.82, 2.24) is 0 Å². The first-order valence-electron chi connectivity index (χ1n) is 6.19. The molecule has 7 nitrogen and oxygen atoms in total. The highest BCUT2D eigenvalue weighted by Gasteiger charge is 2.06. The number of hydrogen-bond donors (Lipinski definition) is 0. The van der Waals surface area contributed by atoms with Crippen LogP contribution in [0.25, 0.3) is 10.6 Å². The zero-order valence-electron chi connectivity index (χ0n) is 11.3. The van der Waals surface area contributed by atoms with Crippen LogP contribution in [0.3, 0.4) is 0 Å². The molecule has 2 aliphatic rings. The minimum absolute atomic E-state index is 0.476. The van der Waals surface area contributed by atoms with Gasteiger partial charge in [-0.25, -0.2) is 0 Å². The normalized spacial score (nSPS) is 15.2. The van der Waals surface area contributed by atoms with E-state index in [2.05, 4.69) is 26.6 Å². The Morgan fingerprint density at radius 3 is 2.23 bits per heavy atom. The predicted octanol–water partition coefficient (Wildman–Crippen LogP) is 3.57. The largest absolute Gasteiger partial charge is 0.362 e. The molecule has 0 saturated heterocycles. The lowest BCUT2D eigenvalue weighted by molar-refractivity contribution is 1.22. The lowest BCUT2D eigenvalue weighted by Crippen LogP contribution is -1.96. The molecule has 0 fully saturated rings. The van der Waals surface area contributed by atoms with E-state index in [1.54, 1.807) is 54.7 Å². The van der Waals surface area contributed by atoms with Gasteiger partial charge >= 0.3 is 5.08 Å². The summed E-state index contributed by atoms with van der Waals surface area (Å²) in [5.74, 6) is 0. The summed E-state index contributed by atoms with van der Waals surface area (Å²) in [4.78, 5) is 0. The van der Waals surface area contributed by atoms with Crippen LogP contribution in [0.5, 0.6) is 0 Å². The first-order chi connectivity index (χ1) is 10.8. The molecule has 2 aliphatic carbocycles. The number of allylic oxidation sites excluding steroid dienone is 12. The first-order valence-corrected chi connectivity index (χ1v) is 6.19. The van der Waals surface area contributed by atoms with E-state index in [4.69, 9.17) is 10.9 Å². The number of rotatable bonds is 2. The molecule has 0 spiro atoms. The lowest BCUT2D eigenvalue weighted by atomic mass is 9.99. The van der Waals surface area contributed by atoms with E-state index in [0.717, 1.165) is 11.1 Å². The van der Waals surface area contributed by atoms with Crippen molar-refractivity contribution in [3.8, 4) is 6.07 Å². The molecule has 0 radical (unpaired) electrons. The Kier molecular flexibility index (Phi) is 4.79. The van der Waals surface area contributed by atoms with Gasteiger partial charge in [-0.3, -0.25) is 5.22 Å². The van der Waals surface area contributed by atoms with Gasteiger partial charge in [-0.1, -0.05) is 36.5 Å². The maximum atomic E-state index is 9.29. The second-order valence-electron chi connectivity index (χ2n) is 4.19. The van der Waals surface area contributed by atoms with Crippen LogP contribution in [0, 0.1) is 16.7 Å². The van der Waals surface area contributed by atoms with Crippen LogP contribution in [0.4, 0.5) is 0 Å². The maximum Gasteiger partial charge on any atom is 0.339 e. The van der Waals surface area contributed by atoms with E-state index in [1.165, 1.54) is 0 Å². The van der Waals surface area contributed by atoms with E-state index in [-0.39, 0.29) is 0 Å². The van der Waals surface area contributed by atoms with Gasteiger partial charge in [0.25, 0.3) is 5.39 Å². The monoisotopic (exact) mass is 287 g/mol. The van der Waals surface area contributed by atoms with Gasteiger partial charge in [0, 0.05) is 0 Å². The lowest BCUT2D eigenvalue weighted by Gasteiger charge is -2.06.